The van der Waals surface area contributed by atoms with E-state index >= 15 is 0 Å². The highest BCUT2D eigenvalue weighted by Crippen LogP contribution is 2.17. The molecule has 1 fully saturated rings. The molecular formula is C15H21NO2S. The van der Waals surface area contributed by atoms with Gasteiger partial charge in [-0.05, 0) is 24.8 Å². The lowest BCUT2D eigenvalue weighted by atomic mass is 10.1. The maximum absolute atomic E-state index is 12.3. The first-order chi connectivity index (χ1) is 9.20. The van der Waals surface area contributed by atoms with Crippen LogP contribution in [0.15, 0.2) is 30.3 Å². The number of benzene rings is 1. The monoisotopic (exact) mass is 279 g/mol. The molecule has 4 heteroatoms. The third-order valence-corrected chi connectivity index (χ3v) is 4.05. The maximum Gasteiger partial charge on any atom is 0.235 e. The summed E-state index contributed by atoms with van der Waals surface area (Å²) in [7, 11) is 1.74. The molecule has 1 unspecified atom stereocenters. The van der Waals surface area contributed by atoms with Crippen molar-refractivity contribution in [3.05, 3.63) is 35.9 Å². The summed E-state index contributed by atoms with van der Waals surface area (Å²) >= 11 is 4.47. The van der Waals surface area contributed by atoms with Gasteiger partial charge in [0.05, 0.1) is 11.4 Å². The summed E-state index contributed by atoms with van der Waals surface area (Å²) in [6, 6.07) is 10.0. The van der Waals surface area contributed by atoms with E-state index in [-0.39, 0.29) is 11.2 Å². The van der Waals surface area contributed by atoms with Crippen molar-refractivity contribution in [2.75, 3.05) is 20.2 Å². The van der Waals surface area contributed by atoms with Crippen molar-refractivity contribution in [3.63, 3.8) is 0 Å². The zero-order valence-electron chi connectivity index (χ0n) is 11.3. The van der Waals surface area contributed by atoms with Gasteiger partial charge < -0.3 is 9.64 Å². The van der Waals surface area contributed by atoms with Crippen molar-refractivity contribution in [1.82, 2.24) is 4.90 Å². The molecule has 3 nitrogen and oxygen atoms in total. The van der Waals surface area contributed by atoms with Gasteiger partial charge in [-0.1, -0.05) is 30.3 Å². The zero-order valence-corrected chi connectivity index (χ0v) is 12.2. The number of amides is 1. The second-order valence-corrected chi connectivity index (χ2v) is 5.59. The van der Waals surface area contributed by atoms with Crippen LogP contribution < -0.4 is 0 Å². The third-order valence-electron chi connectivity index (χ3n) is 3.64. The second kappa shape index (κ2) is 6.96. The van der Waals surface area contributed by atoms with E-state index in [1.165, 1.54) is 0 Å². The molecule has 1 amide bonds. The van der Waals surface area contributed by atoms with Crippen LogP contribution in [0.4, 0.5) is 0 Å². The normalized spacial score (nSPS) is 18.3. The number of likely N-dealkylation sites (tertiary alicyclic amines) is 1. The lowest BCUT2D eigenvalue weighted by Crippen LogP contribution is -2.44. The minimum Gasteiger partial charge on any atom is -0.381 e. The number of hydrogen-bond donors (Lipinski definition) is 1. The Bertz CT molecular complexity index is 402. The van der Waals surface area contributed by atoms with E-state index in [9.17, 15) is 4.79 Å². The molecule has 1 atom stereocenters. The van der Waals surface area contributed by atoms with Crippen LogP contribution in [-0.2, 0) is 16.0 Å². The Balaban J connectivity index is 1.86. The molecule has 1 aliphatic heterocycles. The Labute approximate surface area is 120 Å². The van der Waals surface area contributed by atoms with Crippen LogP contribution in [0.25, 0.3) is 0 Å². The molecule has 1 aliphatic rings. The molecule has 104 valence electrons. The van der Waals surface area contributed by atoms with Crippen molar-refractivity contribution >= 4 is 18.5 Å². The lowest BCUT2D eigenvalue weighted by molar-refractivity contribution is -0.132. The van der Waals surface area contributed by atoms with E-state index in [1.807, 2.05) is 35.2 Å². The largest absolute Gasteiger partial charge is 0.381 e. The summed E-state index contributed by atoms with van der Waals surface area (Å²) in [5.41, 5.74) is 1.16. The number of hydrogen-bond acceptors (Lipinski definition) is 3. The number of carbonyl (C=O) groups excluding carboxylic acids is 1. The second-order valence-electron chi connectivity index (χ2n) is 4.97. The molecule has 2 rings (SSSR count). The number of methoxy groups -OCH3 is 1. The average molecular weight is 279 g/mol. The van der Waals surface area contributed by atoms with Gasteiger partial charge in [0, 0.05) is 20.2 Å². The van der Waals surface area contributed by atoms with E-state index in [1.54, 1.807) is 7.11 Å². The number of carbonyl (C=O) groups is 1. The minimum absolute atomic E-state index is 0.140. The summed E-state index contributed by atoms with van der Waals surface area (Å²) < 4.78 is 5.32. The van der Waals surface area contributed by atoms with Gasteiger partial charge in [0.15, 0.2) is 0 Å². The van der Waals surface area contributed by atoms with Gasteiger partial charge in [0.1, 0.15) is 0 Å². The Kier molecular flexibility index (Phi) is 5.28. The highest BCUT2D eigenvalue weighted by atomic mass is 32.1. The molecule has 0 N–H and O–H groups in total. The van der Waals surface area contributed by atoms with Crippen LogP contribution in [0, 0.1) is 0 Å². The molecule has 19 heavy (non-hydrogen) atoms. The van der Waals surface area contributed by atoms with Crippen molar-refractivity contribution < 1.29 is 9.53 Å². The van der Waals surface area contributed by atoms with E-state index < -0.39 is 0 Å². The Morgan fingerprint density at radius 1 is 1.37 bits per heavy atom. The number of nitrogens with zero attached hydrogens (tertiary/aromatic N) is 1. The maximum atomic E-state index is 12.3. The van der Waals surface area contributed by atoms with Gasteiger partial charge in [0.2, 0.25) is 5.91 Å². The molecule has 0 aromatic heterocycles. The first kappa shape index (κ1) is 14.4. The summed E-state index contributed by atoms with van der Waals surface area (Å²) in [5.74, 6) is 0.140. The minimum atomic E-state index is -0.249. The van der Waals surface area contributed by atoms with Crippen LogP contribution in [0.1, 0.15) is 18.4 Å². The number of ether oxygens (including phenoxy) is 1. The summed E-state index contributed by atoms with van der Waals surface area (Å²) in [6.45, 7) is 1.56. The van der Waals surface area contributed by atoms with Gasteiger partial charge in [-0.2, -0.15) is 12.6 Å². The Morgan fingerprint density at radius 3 is 2.58 bits per heavy atom. The molecule has 1 aromatic carbocycles. The van der Waals surface area contributed by atoms with Gasteiger partial charge in [0.25, 0.3) is 0 Å². The molecule has 0 radical (unpaired) electrons. The van der Waals surface area contributed by atoms with Gasteiger partial charge in [-0.25, -0.2) is 0 Å². The highest BCUT2D eigenvalue weighted by molar-refractivity contribution is 7.81. The molecule has 0 bridgehead atoms. The fourth-order valence-electron chi connectivity index (χ4n) is 2.45. The van der Waals surface area contributed by atoms with Crippen LogP contribution >= 0.6 is 12.6 Å². The molecular weight excluding hydrogens is 258 g/mol. The summed E-state index contributed by atoms with van der Waals surface area (Å²) in [5, 5.41) is -0.249. The highest BCUT2D eigenvalue weighted by Gasteiger charge is 2.26. The zero-order chi connectivity index (χ0) is 13.7. The number of piperidine rings is 1. The third kappa shape index (κ3) is 3.98. The first-order valence-electron chi connectivity index (χ1n) is 6.74. The van der Waals surface area contributed by atoms with Crippen LogP contribution in [0.2, 0.25) is 0 Å². The number of rotatable bonds is 4. The van der Waals surface area contributed by atoms with Crippen molar-refractivity contribution in [2.45, 2.75) is 30.6 Å². The smallest absolute Gasteiger partial charge is 0.235 e. The van der Waals surface area contributed by atoms with Crippen LogP contribution in [-0.4, -0.2) is 42.4 Å². The summed E-state index contributed by atoms with van der Waals surface area (Å²) in [6.07, 6.45) is 2.84. The van der Waals surface area contributed by atoms with Crippen molar-refractivity contribution in [2.24, 2.45) is 0 Å². The van der Waals surface area contributed by atoms with Crippen LogP contribution in [0.3, 0.4) is 0 Å². The van der Waals surface area contributed by atoms with Crippen molar-refractivity contribution in [1.29, 1.82) is 0 Å². The van der Waals surface area contributed by atoms with E-state index in [2.05, 4.69) is 12.6 Å². The molecule has 1 saturated heterocycles. The first-order valence-corrected chi connectivity index (χ1v) is 7.26. The SMILES string of the molecule is COC1CCN(C(=O)C(S)Cc2ccccc2)CC1. The van der Waals surface area contributed by atoms with Crippen molar-refractivity contribution in [3.8, 4) is 0 Å². The fourth-order valence-corrected chi connectivity index (χ4v) is 2.82. The molecule has 0 spiro atoms. The molecule has 0 saturated carbocycles. The standard InChI is InChI=1S/C15H21NO2S/c1-18-13-7-9-16(10-8-13)15(17)14(19)11-12-5-3-2-4-6-12/h2-6,13-14,19H,7-11H2,1H3. The quantitative estimate of drug-likeness (QED) is 0.856. The molecule has 1 heterocycles. The van der Waals surface area contributed by atoms with Gasteiger partial charge in [-0.15, -0.1) is 0 Å². The van der Waals surface area contributed by atoms with Gasteiger partial charge >= 0.3 is 0 Å². The van der Waals surface area contributed by atoms with E-state index in [4.69, 9.17) is 4.74 Å². The molecule has 0 aliphatic carbocycles. The predicted molar refractivity (Wildman–Crippen MR) is 79.5 cm³/mol. The van der Waals surface area contributed by atoms with Crippen LogP contribution in [0.5, 0.6) is 0 Å². The Morgan fingerprint density at radius 2 is 2.00 bits per heavy atom. The summed E-state index contributed by atoms with van der Waals surface area (Å²) in [4.78, 5) is 14.2. The van der Waals surface area contributed by atoms with E-state index in [0.29, 0.717) is 12.5 Å². The van der Waals surface area contributed by atoms with Gasteiger partial charge in [-0.3, -0.25) is 4.79 Å². The Hall–Kier alpha value is -1.00. The fraction of sp³-hybridized carbons (Fsp3) is 0.533. The molecule has 1 aromatic rings. The lowest BCUT2D eigenvalue weighted by Gasteiger charge is -2.32. The number of thiol groups is 1. The topological polar surface area (TPSA) is 29.5 Å². The average Bonchev–Trinajstić information content (AvgIpc) is 2.47. The predicted octanol–water partition coefficient (Wildman–Crippen LogP) is 2.16. The van der Waals surface area contributed by atoms with E-state index in [0.717, 1.165) is 31.5 Å².